The van der Waals surface area contributed by atoms with Crippen molar-refractivity contribution in [2.45, 2.75) is 12.1 Å². The van der Waals surface area contributed by atoms with Gasteiger partial charge in [-0.1, -0.05) is 48.0 Å². The number of hydrogen-bond donors (Lipinski definition) is 1. The largest absolute Gasteiger partial charge is 0.345 e. The maximum absolute atomic E-state index is 13.6. The zero-order valence-electron chi connectivity index (χ0n) is 17.2. The summed E-state index contributed by atoms with van der Waals surface area (Å²) in [7, 11) is -3.26. The van der Waals surface area contributed by atoms with E-state index in [1.54, 1.807) is 24.3 Å². The van der Waals surface area contributed by atoms with Crippen molar-refractivity contribution in [3.63, 3.8) is 0 Å². The van der Waals surface area contributed by atoms with Crippen molar-refractivity contribution in [1.29, 1.82) is 0 Å². The van der Waals surface area contributed by atoms with Crippen LogP contribution in [0.3, 0.4) is 0 Å². The fourth-order valence-electron chi connectivity index (χ4n) is 4.50. The van der Waals surface area contributed by atoms with Crippen molar-refractivity contribution >= 4 is 48.3 Å². The van der Waals surface area contributed by atoms with Gasteiger partial charge in [0.25, 0.3) is 0 Å². The summed E-state index contributed by atoms with van der Waals surface area (Å²) in [5.74, 6) is -0.694. The Morgan fingerprint density at radius 2 is 1.25 bits per heavy atom. The summed E-state index contributed by atoms with van der Waals surface area (Å²) in [5, 5.41) is 0.525. The molecule has 1 N–H and O–H groups in total. The zero-order valence-corrected chi connectivity index (χ0v) is 18.9. The Bertz CT molecular complexity index is 1100. The lowest BCUT2D eigenvalue weighted by Crippen LogP contribution is -2.39. The van der Waals surface area contributed by atoms with Gasteiger partial charge in [-0.15, -0.1) is 0 Å². The van der Waals surface area contributed by atoms with Gasteiger partial charge in [-0.05, 0) is 48.5 Å². The fourth-order valence-corrected chi connectivity index (χ4v) is 8.08. The van der Waals surface area contributed by atoms with E-state index in [1.165, 1.54) is 4.90 Å². The van der Waals surface area contributed by atoms with Crippen molar-refractivity contribution in [1.82, 2.24) is 0 Å². The molecule has 32 heavy (non-hydrogen) atoms. The Labute approximate surface area is 192 Å². The van der Waals surface area contributed by atoms with Crippen LogP contribution in [0.5, 0.6) is 0 Å². The minimum atomic E-state index is -3.26. The predicted molar refractivity (Wildman–Crippen MR) is 129 cm³/mol. The number of anilines is 3. The topological polar surface area (TPSA) is 64.1 Å². The van der Waals surface area contributed by atoms with Gasteiger partial charge in [0.15, 0.2) is 7.79 Å². The molecule has 2 fully saturated rings. The van der Waals surface area contributed by atoms with Crippen molar-refractivity contribution in [3.05, 3.63) is 90.0 Å². The molecular weight excluding hydrogens is 445 g/mol. The van der Waals surface area contributed by atoms with E-state index in [0.717, 1.165) is 11.4 Å². The number of nitrogens with zero attached hydrogens (tertiary/aromatic N) is 3. The van der Waals surface area contributed by atoms with Crippen LogP contribution in [0.2, 0.25) is 5.02 Å². The average molecular weight is 467 g/mol. The van der Waals surface area contributed by atoms with Crippen LogP contribution in [-0.2, 0) is 9.59 Å². The van der Waals surface area contributed by atoms with E-state index in [-0.39, 0.29) is 18.2 Å². The van der Waals surface area contributed by atoms with Gasteiger partial charge in [0.2, 0.25) is 11.8 Å². The molecule has 3 aromatic rings. The number of carbonyl (C=O) groups excluding carboxylic acids is 2. The Balaban J connectivity index is 1.58. The zero-order chi connectivity index (χ0) is 22.3. The molecular formula is C24H22ClN3O3P. The molecule has 1 unspecified atom stereocenters. The standard InChI is InChI=1S/C24H22ClN3O3P/c25-18-11-13-21(14-12-18)28-23(29)17-22(24(28)30)32(31)26(19-7-3-1-4-8-19)15-16-27(32)20-9-5-2-6-10-20/h1-14,22,31H,15-17H2. The molecule has 163 valence electrons. The summed E-state index contributed by atoms with van der Waals surface area (Å²) in [5.41, 5.74) is 1.29. The molecule has 3 aromatic carbocycles. The van der Waals surface area contributed by atoms with E-state index in [1.807, 2.05) is 70.0 Å². The highest BCUT2D eigenvalue weighted by atomic mass is 35.5. The van der Waals surface area contributed by atoms with E-state index in [9.17, 15) is 14.5 Å². The van der Waals surface area contributed by atoms with Gasteiger partial charge in [-0.2, -0.15) is 0 Å². The van der Waals surface area contributed by atoms with Crippen molar-refractivity contribution in [2.24, 2.45) is 0 Å². The van der Waals surface area contributed by atoms with Crippen LogP contribution < -0.4 is 14.2 Å². The molecule has 8 heteroatoms. The molecule has 0 bridgehead atoms. The van der Waals surface area contributed by atoms with E-state index in [0.29, 0.717) is 23.8 Å². The maximum Gasteiger partial charge on any atom is 0.247 e. The molecule has 2 amide bonds. The number of para-hydroxylation sites is 2. The van der Waals surface area contributed by atoms with Crippen LogP contribution in [-0.4, -0.2) is 35.5 Å². The van der Waals surface area contributed by atoms with Gasteiger partial charge >= 0.3 is 0 Å². The Morgan fingerprint density at radius 1 is 0.750 bits per heavy atom. The Morgan fingerprint density at radius 3 is 1.75 bits per heavy atom. The van der Waals surface area contributed by atoms with E-state index >= 15 is 0 Å². The predicted octanol–water partition coefficient (Wildman–Crippen LogP) is 4.75. The highest BCUT2D eigenvalue weighted by molar-refractivity contribution is 7.75. The average Bonchev–Trinajstić information content (AvgIpc) is 3.32. The lowest BCUT2D eigenvalue weighted by molar-refractivity contribution is -0.121. The minimum Gasteiger partial charge on any atom is -0.345 e. The summed E-state index contributed by atoms with van der Waals surface area (Å²) in [6, 6.07) is 25.8. The number of carbonyl (C=O) groups is 2. The van der Waals surface area contributed by atoms with Gasteiger partial charge in [0, 0.05) is 35.9 Å². The summed E-state index contributed by atoms with van der Waals surface area (Å²) < 4.78 is 3.86. The second-order valence-corrected chi connectivity index (χ2v) is 11.1. The maximum atomic E-state index is 13.6. The van der Waals surface area contributed by atoms with Crippen LogP contribution >= 0.6 is 19.4 Å². The van der Waals surface area contributed by atoms with Gasteiger partial charge < -0.3 is 14.2 Å². The molecule has 2 aliphatic heterocycles. The van der Waals surface area contributed by atoms with Crippen LogP contribution in [0.25, 0.3) is 0 Å². The Kier molecular flexibility index (Phi) is 5.38. The fraction of sp³-hybridized carbons (Fsp3) is 0.167. The SMILES string of the molecule is O=C1CC([P]2(O)N(c3ccccc3)CCN2c2ccccc2)C(=O)N1c1ccc(Cl)cc1. The van der Waals surface area contributed by atoms with E-state index in [2.05, 4.69) is 0 Å². The number of amides is 2. The lowest BCUT2D eigenvalue weighted by atomic mass is 10.3. The molecule has 6 nitrogen and oxygen atoms in total. The molecule has 2 saturated heterocycles. The molecule has 0 spiro atoms. The third kappa shape index (κ3) is 3.36. The molecule has 1 atom stereocenters. The second kappa shape index (κ2) is 8.21. The number of imide groups is 1. The summed E-state index contributed by atoms with van der Waals surface area (Å²) >= 11 is 5.98. The third-order valence-electron chi connectivity index (χ3n) is 5.97. The first-order chi connectivity index (χ1) is 15.5. The number of hydrogen-bond acceptors (Lipinski definition) is 5. The van der Waals surface area contributed by atoms with Gasteiger partial charge in [0.05, 0.1) is 5.69 Å². The first-order valence-electron chi connectivity index (χ1n) is 10.4. The highest BCUT2D eigenvalue weighted by Gasteiger charge is 2.58. The number of rotatable bonds is 4. The number of benzene rings is 3. The van der Waals surface area contributed by atoms with Crippen molar-refractivity contribution < 1.29 is 14.5 Å². The van der Waals surface area contributed by atoms with E-state index in [4.69, 9.17) is 11.6 Å². The van der Waals surface area contributed by atoms with Crippen molar-refractivity contribution in [3.8, 4) is 0 Å². The van der Waals surface area contributed by atoms with Crippen LogP contribution in [0.1, 0.15) is 6.42 Å². The molecule has 2 heterocycles. The second-order valence-electron chi connectivity index (χ2n) is 7.80. The normalized spacial score (nSPS) is 20.3. The first-order valence-corrected chi connectivity index (χ1v) is 12.5. The number of halogens is 1. The summed E-state index contributed by atoms with van der Waals surface area (Å²) in [4.78, 5) is 40.2. The van der Waals surface area contributed by atoms with Crippen LogP contribution in [0.4, 0.5) is 17.1 Å². The molecule has 0 aliphatic carbocycles. The smallest absolute Gasteiger partial charge is 0.247 e. The van der Waals surface area contributed by atoms with Crippen molar-refractivity contribution in [2.75, 3.05) is 27.3 Å². The van der Waals surface area contributed by atoms with Gasteiger partial charge in [0.1, 0.15) is 5.66 Å². The quantitative estimate of drug-likeness (QED) is 0.444. The molecule has 1 radical (unpaired) electrons. The van der Waals surface area contributed by atoms with Gasteiger partial charge in [-0.25, -0.2) is 4.90 Å². The molecule has 0 aromatic heterocycles. The molecule has 5 rings (SSSR count). The monoisotopic (exact) mass is 466 g/mol. The lowest BCUT2D eigenvalue weighted by Gasteiger charge is -2.45. The van der Waals surface area contributed by atoms with Crippen LogP contribution in [0.15, 0.2) is 84.9 Å². The first kappa shape index (κ1) is 21.0. The van der Waals surface area contributed by atoms with Crippen LogP contribution in [0, 0.1) is 0 Å². The summed E-state index contributed by atoms with van der Waals surface area (Å²) in [6.07, 6.45) is -0.0432. The van der Waals surface area contributed by atoms with E-state index < -0.39 is 13.4 Å². The third-order valence-corrected chi connectivity index (χ3v) is 9.74. The molecule has 2 aliphatic rings. The Hall–Kier alpha value is -2.92. The molecule has 0 saturated carbocycles. The van der Waals surface area contributed by atoms with Gasteiger partial charge in [-0.3, -0.25) is 9.59 Å². The minimum absolute atomic E-state index is 0.0432. The summed E-state index contributed by atoms with van der Waals surface area (Å²) in [6.45, 7) is 1.12. The highest BCUT2D eigenvalue weighted by Crippen LogP contribution is 2.71.